The lowest BCUT2D eigenvalue weighted by Gasteiger charge is -2.22. The monoisotopic (exact) mass is 372 g/mol. The molecule has 0 radical (unpaired) electrons. The summed E-state index contributed by atoms with van der Waals surface area (Å²) in [4.78, 5) is 31.8. The van der Waals surface area contributed by atoms with Gasteiger partial charge in [0.1, 0.15) is 17.7 Å². The Bertz CT molecular complexity index is 871. The third-order valence-electron chi connectivity index (χ3n) is 4.19. The van der Waals surface area contributed by atoms with Crippen LogP contribution >= 0.6 is 22.7 Å². The van der Waals surface area contributed by atoms with Crippen molar-refractivity contribution in [3.8, 4) is 0 Å². The zero-order valence-electron chi connectivity index (χ0n) is 13.4. The molecule has 1 aliphatic heterocycles. The van der Waals surface area contributed by atoms with Gasteiger partial charge in [0.05, 0.1) is 15.1 Å². The van der Waals surface area contributed by atoms with E-state index in [0.29, 0.717) is 17.8 Å². The molecular weight excluding hydrogens is 356 g/mol. The van der Waals surface area contributed by atoms with Crippen LogP contribution in [0.2, 0.25) is 0 Å². The highest BCUT2D eigenvalue weighted by Gasteiger charge is 2.36. The highest BCUT2D eigenvalue weighted by atomic mass is 32.1. The number of hydrogen-bond donors (Lipinski definition) is 0. The van der Waals surface area contributed by atoms with Crippen LogP contribution in [0.1, 0.15) is 27.5 Å². The summed E-state index contributed by atoms with van der Waals surface area (Å²) < 4.78 is 6.53. The number of likely N-dealkylation sites (tertiary alicyclic amines) is 1. The van der Waals surface area contributed by atoms with Gasteiger partial charge >= 0.3 is 5.97 Å². The normalized spacial score (nSPS) is 17.1. The average molecular weight is 372 g/mol. The van der Waals surface area contributed by atoms with Gasteiger partial charge < -0.3 is 9.64 Å². The van der Waals surface area contributed by atoms with E-state index in [9.17, 15) is 9.59 Å². The van der Waals surface area contributed by atoms with E-state index >= 15 is 0 Å². The summed E-state index contributed by atoms with van der Waals surface area (Å²) in [6.45, 7) is 0.743. The minimum Gasteiger partial charge on any atom is -0.457 e. The summed E-state index contributed by atoms with van der Waals surface area (Å²) in [5.41, 5.74) is 0.911. The highest BCUT2D eigenvalue weighted by molar-refractivity contribution is 7.18. The fraction of sp³-hybridized carbons (Fsp3) is 0.278. The van der Waals surface area contributed by atoms with Gasteiger partial charge in [0.25, 0.3) is 5.91 Å². The summed E-state index contributed by atoms with van der Waals surface area (Å²) in [7, 11) is 0. The zero-order chi connectivity index (χ0) is 17.2. The molecule has 1 amide bonds. The molecule has 3 heterocycles. The standard InChI is InChI=1S/C18H16N2O3S2/c21-17(15-8-4-10-24-15)20-9-3-6-13(20)18(22)23-11-16-19-12-5-1-2-7-14(12)25-16/h1-2,4-5,7-8,10,13H,3,6,9,11H2/t13-/m1/s1. The van der Waals surface area contributed by atoms with Gasteiger partial charge in [-0.15, -0.1) is 22.7 Å². The van der Waals surface area contributed by atoms with Crippen LogP contribution < -0.4 is 0 Å². The highest BCUT2D eigenvalue weighted by Crippen LogP contribution is 2.25. The van der Waals surface area contributed by atoms with Crippen molar-refractivity contribution >= 4 is 44.8 Å². The molecule has 4 rings (SSSR count). The predicted octanol–water partition coefficient (Wildman–Crippen LogP) is 3.71. The third kappa shape index (κ3) is 3.29. The fourth-order valence-electron chi connectivity index (χ4n) is 3.01. The van der Waals surface area contributed by atoms with Crippen molar-refractivity contribution in [3.05, 3.63) is 51.7 Å². The Morgan fingerprint density at radius 1 is 1.24 bits per heavy atom. The second-order valence-electron chi connectivity index (χ2n) is 5.82. The lowest BCUT2D eigenvalue weighted by Crippen LogP contribution is -2.41. The van der Waals surface area contributed by atoms with Crippen LogP contribution in [-0.2, 0) is 16.1 Å². The number of thiazole rings is 1. The smallest absolute Gasteiger partial charge is 0.329 e. The second-order valence-corrected chi connectivity index (χ2v) is 7.88. The Balaban J connectivity index is 1.42. The van der Waals surface area contributed by atoms with E-state index in [0.717, 1.165) is 21.6 Å². The van der Waals surface area contributed by atoms with Crippen molar-refractivity contribution in [1.82, 2.24) is 9.88 Å². The molecule has 1 atom stereocenters. The lowest BCUT2D eigenvalue weighted by molar-refractivity contribution is -0.149. The van der Waals surface area contributed by atoms with Crippen molar-refractivity contribution in [2.24, 2.45) is 0 Å². The van der Waals surface area contributed by atoms with Crippen LogP contribution in [0, 0.1) is 0 Å². The number of rotatable bonds is 4. The largest absolute Gasteiger partial charge is 0.457 e. The van der Waals surface area contributed by atoms with E-state index in [4.69, 9.17) is 4.74 Å². The first-order valence-electron chi connectivity index (χ1n) is 8.08. The molecular formula is C18H16N2O3S2. The maximum absolute atomic E-state index is 12.5. The van der Waals surface area contributed by atoms with Crippen LogP contribution in [-0.4, -0.2) is 34.3 Å². The quantitative estimate of drug-likeness (QED) is 0.655. The van der Waals surface area contributed by atoms with Gasteiger partial charge in [0.2, 0.25) is 0 Å². The molecule has 0 bridgehead atoms. The van der Waals surface area contributed by atoms with E-state index in [-0.39, 0.29) is 18.5 Å². The van der Waals surface area contributed by atoms with Gasteiger partial charge in [-0.1, -0.05) is 18.2 Å². The molecule has 5 nitrogen and oxygen atoms in total. The number of thiophene rings is 1. The number of carbonyl (C=O) groups is 2. The van der Waals surface area contributed by atoms with Gasteiger partial charge in [-0.2, -0.15) is 0 Å². The molecule has 0 N–H and O–H groups in total. The van der Waals surface area contributed by atoms with Crippen molar-refractivity contribution in [1.29, 1.82) is 0 Å². The van der Waals surface area contributed by atoms with Crippen molar-refractivity contribution in [2.75, 3.05) is 6.54 Å². The molecule has 0 spiro atoms. The first-order chi connectivity index (χ1) is 12.2. The van der Waals surface area contributed by atoms with Gasteiger partial charge in [-0.3, -0.25) is 4.79 Å². The van der Waals surface area contributed by atoms with Crippen molar-refractivity contribution in [2.45, 2.75) is 25.5 Å². The minimum atomic E-state index is -0.496. The van der Waals surface area contributed by atoms with E-state index < -0.39 is 6.04 Å². The Morgan fingerprint density at radius 3 is 2.92 bits per heavy atom. The Hall–Kier alpha value is -2.25. The molecule has 1 aliphatic rings. The minimum absolute atomic E-state index is 0.0885. The number of carbonyl (C=O) groups excluding carboxylic acids is 2. The maximum Gasteiger partial charge on any atom is 0.329 e. The average Bonchev–Trinajstić information content (AvgIpc) is 3.38. The predicted molar refractivity (Wildman–Crippen MR) is 97.8 cm³/mol. The first kappa shape index (κ1) is 16.2. The molecule has 0 saturated carbocycles. The molecule has 128 valence electrons. The molecule has 2 aromatic heterocycles. The lowest BCUT2D eigenvalue weighted by atomic mass is 10.2. The number of ether oxygens (including phenoxy) is 1. The number of esters is 1. The maximum atomic E-state index is 12.5. The molecule has 0 aliphatic carbocycles. The number of fused-ring (bicyclic) bond motifs is 1. The van der Waals surface area contributed by atoms with Crippen LogP contribution in [0.3, 0.4) is 0 Å². The molecule has 25 heavy (non-hydrogen) atoms. The summed E-state index contributed by atoms with van der Waals surface area (Å²) in [6, 6.07) is 11.0. The fourth-order valence-corrected chi connectivity index (χ4v) is 4.57. The van der Waals surface area contributed by atoms with Crippen LogP contribution in [0.15, 0.2) is 41.8 Å². The molecule has 1 fully saturated rings. The molecule has 7 heteroatoms. The number of nitrogens with zero attached hydrogens (tertiary/aromatic N) is 2. The second kappa shape index (κ2) is 6.93. The van der Waals surface area contributed by atoms with Gasteiger partial charge in [-0.25, -0.2) is 9.78 Å². The first-order valence-corrected chi connectivity index (χ1v) is 9.77. The van der Waals surface area contributed by atoms with Crippen LogP contribution in [0.4, 0.5) is 0 Å². The summed E-state index contributed by atoms with van der Waals surface area (Å²) in [6.07, 6.45) is 1.47. The summed E-state index contributed by atoms with van der Waals surface area (Å²) in [5.74, 6) is -0.434. The molecule has 1 aromatic carbocycles. The zero-order valence-corrected chi connectivity index (χ0v) is 15.0. The van der Waals surface area contributed by atoms with E-state index in [1.807, 2.05) is 35.7 Å². The SMILES string of the molecule is O=C(OCc1nc2ccccc2s1)[C@H]1CCCN1C(=O)c1cccs1. The molecule has 0 unspecified atom stereocenters. The summed E-state index contributed by atoms with van der Waals surface area (Å²) >= 11 is 2.91. The Kier molecular flexibility index (Phi) is 4.50. The van der Waals surface area contributed by atoms with Crippen LogP contribution in [0.25, 0.3) is 10.2 Å². The number of aromatic nitrogens is 1. The van der Waals surface area contributed by atoms with Crippen LogP contribution in [0.5, 0.6) is 0 Å². The van der Waals surface area contributed by atoms with Crippen molar-refractivity contribution in [3.63, 3.8) is 0 Å². The third-order valence-corrected chi connectivity index (χ3v) is 6.06. The van der Waals surface area contributed by atoms with E-state index in [2.05, 4.69) is 4.98 Å². The number of para-hydroxylation sites is 1. The summed E-state index contributed by atoms with van der Waals surface area (Å²) in [5, 5.41) is 2.63. The van der Waals surface area contributed by atoms with Crippen molar-refractivity contribution < 1.29 is 14.3 Å². The Labute approximate surface area is 152 Å². The number of benzene rings is 1. The number of amides is 1. The molecule has 1 saturated heterocycles. The Morgan fingerprint density at radius 2 is 2.12 bits per heavy atom. The van der Waals surface area contributed by atoms with E-state index in [1.165, 1.54) is 22.7 Å². The number of hydrogen-bond acceptors (Lipinski definition) is 6. The van der Waals surface area contributed by atoms with Gasteiger partial charge in [0.15, 0.2) is 0 Å². The van der Waals surface area contributed by atoms with Gasteiger partial charge in [0, 0.05) is 6.54 Å². The topological polar surface area (TPSA) is 59.5 Å². The molecule has 3 aromatic rings. The van der Waals surface area contributed by atoms with E-state index in [1.54, 1.807) is 11.0 Å². The van der Waals surface area contributed by atoms with Gasteiger partial charge in [-0.05, 0) is 36.4 Å².